The minimum absolute atomic E-state index is 0.0487. The van der Waals surface area contributed by atoms with E-state index < -0.39 is 5.60 Å². The lowest BCUT2D eigenvalue weighted by atomic mass is 9.74. The van der Waals surface area contributed by atoms with Gasteiger partial charge in [0, 0.05) is 40.1 Å². The number of halogens is 2. The Balaban J connectivity index is 1.28. The number of likely N-dealkylation sites (tertiary alicyclic amines) is 1. The van der Waals surface area contributed by atoms with E-state index in [2.05, 4.69) is 11.0 Å². The van der Waals surface area contributed by atoms with Crippen molar-refractivity contribution in [3.05, 3.63) is 57.6 Å². The van der Waals surface area contributed by atoms with Crippen molar-refractivity contribution in [2.45, 2.75) is 57.5 Å². The van der Waals surface area contributed by atoms with Gasteiger partial charge in [0.1, 0.15) is 17.1 Å². The van der Waals surface area contributed by atoms with Crippen LogP contribution in [-0.4, -0.2) is 49.3 Å². The lowest BCUT2D eigenvalue weighted by Crippen LogP contribution is -2.44. The van der Waals surface area contributed by atoms with Crippen LogP contribution in [0.5, 0.6) is 11.5 Å². The first-order valence-electron chi connectivity index (χ1n) is 11.9. The first-order chi connectivity index (χ1) is 16.1. The van der Waals surface area contributed by atoms with Gasteiger partial charge >= 0.3 is 5.97 Å². The molecule has 0 atom stereocenters. The number of rotatable bonds is 7. The molecule has 0 saturated carbocycles. The van der Waals surface area contributed by atoms with Crippen molar-refractivity contribution in [2.75, 3.05) is 32.8 Å². The van der Waals surface area contributed by atoms with Crippen molar-refractivity contribution in [1.82, 2.24) is 4.90 Å². The highest BCUT2D eigenvalue weighted by molar-refractivity contribution is 6.35. The summed E-state index contributed by atoms with van der Waals surface area (Å²) in [5.41, 5.74) is 1.90. The third kappa shape index (κ3) is 6.18. The van der Waals surface area contributed by atoms with Gasteiger partial charge in [-0.3, -0.25) is 4.79 Å². The molecule has 5 nitrogen and oxygen atoms in total. The van der Waals surface area contributed by atoms with E-state index in [1.54, 1.807) is 6.07 Å². The van der Waals surface area contributed by atoms with Crippen molar-refractivity contribution in [2.24, 2.45) is 0 Å². The molecule has 2 aliphatic rings. The predicted octanol–water partition coefficient (Wildman–Crippen LogP) is 6.07. The van der Waals surface area contributed by atoms with E-state index in [4.69, 9.17) is 37.4 Å². The maximum Gasteiger partial charge on any atom is 0.307 e. The summed E-state index contributed by atoms with van der Waals surface area (Å²) >= 11 is 12.2. The SMILES string of the molecule is CC(C)(C)OC(=O)CCN1CCC2(CC1)COc1cc(OCCc3ccc(Cl)cc3Cl)ccc12. The third-order valence-electron chi connectivity index (χ3n) is 6.55. The average molecular weight is 506 g/mol. The zero-order chi connectivity index (χ0) is 24.3. The molecule has 2 aromatic rings. The molecule has 2 heterocycles. The molecule has 1 saturated heterocycles. The zero-order valence-electron chi connectivity index (χ0n) is 20.2. The van der Waals surface area contributed by atoms with Gasteiger partial charge in [-0.25, -0.2) is 0 Å². The fourth-order valence-electron chi connectivity index (χ4n) is 4.71. The van der Waals surface area contributed by atoms with E-state index in [-0.39, 0.29) is 11.4 Å². The van der Waals surface area contributed by atoms with E-state index in [1.807, 2.05) is 45.0 Å². The van der Waals surface area contributed by atoms with Crippen LogP contribution in [-0.2, 0) is 21.4 Å². The van der Waals surface area contributed by atoms with E-state index in [0.29, 0.717) is 36.1 Å². The molecule has 2 aromatic carbocycles. The number of ether oxygens (including phenoxy) is 3. The van der Waals surface area contributed by atoms with Gasteiger partial charge in [0.2, 0.25) is 0 Å². The summed E-state index contributed by atoms with van der Waals surface area (Å²) in [5.74, 6) is 1.59. The number of esters is 1. The Morgan fingerprint density at radius 1 is 1.12 bits per heavy atom. The summed E-state index contributed by atoms with van der Waals surface area (Å²) in [5, 5.41) is 1.29. The van der Waals surface area contributed by atoms with Gasteiger partial charge < -0.3 is 19.1 Å². The highest BCUT2D eigenvalue weighted by atomic mass is 35.5. The van der Waals surface area contributed by atoms with Crippen LogP contribution in [0.25, 0.3) is 0 Å². The van der Waals surface area contributed by atoms with Crippen LogP contribution in [0.2, 0.25) is 10.0 Å². The Hall–Kier alpha value is -1.95. The molecule has 0 amide bonds. The van der Waals surface area contributed by atoms with Crippen LogP contribution in [0.1, 0.15) is 51.2 Å². The molecule has 0 N–H and O–H groups in total. The van der Waals surface area contributed by atoms with Crippen molar-refractivity contribution >= 4 is 29.2 Å². The lowest BCUT2D eigenvalue weighted by molar-refractivity contribution is -0.155. The van der Waals surface area contributed by atoms with Crippen LogP contribution in [0, 0.1) is 0 Å². The molecule has 7 heteroatoms. The maximum atomic E-state index is 12.0. The Morgan fingerprint density at radius 3 is 2.59 bits per heavy atom. The van der Waals surface area contributed by atoms with Crippen LogP contribution < -0.4 is 9.47 Å². The Kier molecular flexibility index (Phi) is 7.66. The Bertz CT molecular complexity index is 1030. The summed E-state index contributed by atoms with van der Waals surface area (Å²) in [4.78, 5) is 14.4. The highest BCUT2D eigenvalue weighted by Gasteiger charge is 2.43. The summed E-state index contributed by atoms with van der Waals surface area (Å²) < 4.78 is 17.5. The standard InChI is InChI=1S/C27H33Cl2NO4/c1-26(2,3)34-25(31)8-12-30-13-10-27(11-14-30)18-33-24-17-21(6-7-22(24)27)32-15-9-19-4-5-20(28)16-23(19)29/h4-7,16-17H,8-15,18H2,1-3H3. The van der Waals surface area contributed by atoms with Crippen molar-refractivity contribution in [3.63, 3.8) is 0 Å². The van der Waals surface area contributed by atoms with Crippen molar-refractivity contribution < 1.29 is 19.0 Å². The number of fused-ring (bicyclic) bond motifs is 2. The quantitative estimate of drug-likeness (QED) is 0.427. The Labute approximate surface area is 212 Å². The summed E-state index contributed by atoms with van der Waals surface area (Å²) in [6.07, 6.45) is 3.17. The van der Waals surface area contributed by atoms with E-state index in [9.17, 15) is 4.79 Å². The summed E-state index contributed by atoms with van der Waals surface area (Å²) in [7, 11) is 0. The average Bonchev–Trinajstić information content (AvgIpc) is 3.11. The molecule has 4 rings (SSSR count). The third-order valence-corrected chi connectivity index (χ3v) is 7.14. The molecule has 1 fully saturated rings. The molecule has 184 valence electrons. The van der Waals surface area contributed by atoms with Gasteiger partial charge in [-0.1, -0.05) is 35.3 Å². The van der Waals surface area contributed by atoms with E-state index in [1.165, 1.54) is 5.56 Å². The minimum atomic E-state index is -0.431. The zero-order valence-corrected chi connectivity index (χ0v) is 21.7. The predicted molar refractivity (Wildman–Crippen MR) is 135 cm³/mol. The van der Waals surface area contributed by atoms with Gasteiger partial charge in [-0.15, -0.1) is 0 Å². The second kappa shape index (κ2) is 10.3. The summed E-state index contributed by atoms with van der Waals surface area (Å²) in [6, 6.07) is 11.7. The van der Waals surface area contributed by atoms with Crippen LogP contribution in [0.4, 0.5) is 0 Å². The first-order valence-corrected chi connectivity index (χ1v) is 12.7. The molecule has 0 radical (unpaired) electrons. The minimum Gasteiger partial charge on any atom is -0.493 e. The topological polar surface area (TPSA) is 48.0 Å². The molecular formula is C27H33Cl2NO4. The molecule has 34 heavy (non-hydrogen) atoms. The van der Waals surface area contributed by atoms with E-state index >= 15 is 0 Å². The molecule has 0 aliphatic carbocycles. The van der Waals surface area contributed by atoms with Gasteiger partial charge in [-0.05, 0) is 70.5 Å². The molecule has 0 bridgehead atoms. The number of carbonyl (C=O) groups excluding carboxylic acids is 1. The monoisotopic (exact) mass is 505 g/mol. The number of hydrogen-bond acceptors (Lipinski definition) is 5. The van der Waals surface area contributed by atoms with E-state index in [0.717, 1.165) is 49.5 Å². The fourth-order valence-corrected chi connectivity index (χ4v) is 5.21. The molecule has 0 aromatic heterocycles. The number of carbonyl (C=O) groups is 1. The van der Waals surface area contributed by atoms with Gasteiger partial charge in [0.25, 0.3) is 0 Å². The normalized spacial score (nSPS) is 17.3. The maximum absolute atomic E-state index is 12.0. The first kappa shape index (κ1) is 25.2. The summed E-state index contributed by atoms with van der Waals surface area (Å²) in [6.45, 7) is 9.57. The number of nitrogens with zero attached hydrogens (tertiary/aromatic N) is 1. The second-order valence-corrected chi connectivity index (χ2v) is 11.1. The number of benzene rings is 2. The largest absolute Gasteiger partial charge is 0.493 e. The van der Waals surface area contributed by atoms with Gasteiger partial charge in [0.05, 0.1) is 19.6 Å². The van der Waals surface area contributed by atoms with Crippen LogP contribution in [0.3, 0.4) is 0 Å². The van der Waals surface area contributed by atoms with Gasteiger partial charge in [-0.2, -0.15) is 0 Å². The Morgan fingerprint density at radius 2 is 1.88 bits per heavy atom. The second-order valence-electron chi connectivity index (χ2n) is 10.2. The van der Waals surface area contributed by atoms with Crippen LogP contribution in [0.15, 0.2) is 36.4 Å². The fraction of sp³-hybridized carbons (Fsp3) is 0.519. The smallest absolute Gasteiger partial charge is 0.307 e. The lowest BCUT2D eigenvalue weighted by Gasteiger charge is -2.38. The highest BCUT2D eigenvalue weighted by Crippen LogP contribution is 2.46. The number of hydrogen-bond donors (Lipinski definition) is 0. The van der Waals surface area contributed by atoms with Crippen LogP contribution >= 0.6 is 23.2 Å². The molecular weight excluding hydrogens is 473 g/mol. The van der Waals surface area contributed by atoms with Gasteiger partial charge in [0.15, 0.2) is 0 Å². The van der Waals surface area contributed by atoms with Crippen molar-refractivity contribution in [1.29, 1.82) is 0 Å². The van der Waals surface area contributed by atoms with Crippen molar-refractivity contribution in [3.8, 4) is 11.5 Å². The molecule has 2 aliphatic heterocycles. The molecule has 0 unspecified atom stereocenters. The molecule has 1 spiro atoms. The number of piperidine rings is 1.